The van der Waals surface area contributed by atoms with Crippen molar-refractivity contribution in [1.82, 2.24) is 9.78 Å². The van der Waals surface area contributed by atoms with Crippen molar-refractivity contribution in [3.05, 3.63) is 35.0 Å². The van der Waals surface area contributed by atoms with Crippen LogP contribution in [0.25, 0.3) is 5.69 Å². The molecule has 18 heavy (non-hydrogen) atoms. The molecule has 1 aromatic heterocycles. The van der Waals surface area contributed by atoms with Crippen LogP contribution in [0.5, 0.6) is 5.75 Å². The lowest BCUT2D eigenvalue weighted by Crippen LogP contribution is -2.13. The molecule has 1 heterocycles. The SMILES string of the molecule is COc1ccc(Cl)c(-n2ncc(C(N)=O)c2N)c1. The highest BCUT2D eigenvalue weighted by Gasteiger charge is 2.15. The number of ether oxygens (including phenoxy) is 1. The number of carbonyl (C=O) groups excluding carboxylic acids is 1. The molecule has 0 fully saturated rings. The molecule has 94 valence electrons. The Kier molecular flexibility index (Phi) is 3.12. The summed E-state index contributed by atoms with van der Waals surface area (Å²) in [5, 5.41) is 4.43. The van der Waals surface area contributed by atoms with E-state index in [9.17, 15) is 4.79 Å². The maximum atomic E-state index is 11.1. The molecule has 1 aromatic carbocycles. The molecule has 0 aliphatic heterocycles. The number of nitrogens with zero attached hydrogens (tertiary/aromatic N) is 2. The molecule has 0 spiro atoms. The van der Waals surface area contributed by atoms with E-state index in [1.807, 2.05) is 0 Å². The quantitative estimate of drug-likeness (QED) is 0.873. The summed E-state index contributed by atoms with van der Waals surface area (Å²) in [5.41, 5.74) is 11.6. The topological polar surface area (TPSA) is 96.2 Å². The van der Waals surface area contributed by atoms with Crippen molar-refractivity contribution >= 4 is 23.3 Å². The van der Waals surface area contributed by atoms with Gasteiger partial charge in [-0.25, -0.2) is 4.68 Å². The Bertz CT molecular complexity index is 609. The summed E-state index contributed by atoms with van der Waals surface area (Å²) >= 11 is 6.06. The number of aromatic nitrogens is 2. The lowest BCUT2D eigenvalue weighted by molar-refractivity contribution is 0.100. The van der Waals surface area contributed by atoms with Crippen LogP contribution in [-0.4, -0.2) is 22.8 Å². The Hall–Kier alpha value is -2.21. The molecule has 0 atom stereocenters. The van der Waals surface area contributed by atoms with Crippen LogP contribution in [0.3, 0.4) is 0 Å². The first-order valence-corrected chi connectivity index (χ1v) is 5.39. The smallest absolute Gasteiger partial charge is 0.254 e. The maximum absolute atomic E-state index is 11.1. The van der Waals surface area contributed by atoms with E-state index in [2.05, 4.69) is 5.10 Å². The Morgan fingerprint density at radius 3 is 2.78 bits per heavy atom. The summed E-state index contributed by atoms with van der Waals surface area (Å²) in [5.74, 6) is 0.0975. The van der Waals surface area contributed by atoms with Gasteiger partial charge in [-0.15, -0.1) is 0 Å². The molecule has 2 aromatic rings. The second kappa shape index (κ2) is 4.58. The first-order chi connectivity index (χ1) is 8.54. The number of hydrogen-bond donors (Lipinski definition) is 2. The van der Waals surface area contributed by atoms with Crippen LogP contribution in [0.15, 0.2) is 24.4 Å². The van der Waals surface area contributed by atoms with E-state index in [0.29, 0.717) is 16.5 Å². The largest absolute Gasteiger partial charge is 0.497 e. The number of amides is 1. The van der Waals surface area contributed by atoms with Crippen LogP contribution in [0, 0.1) is 0 Å². The van der Waals surface area contributed by atoms with Crippen LogP contribution in [-0.2, 0) is 0 Å². The predicted molar refractivity (Wildman–Crippen MR) is 68.1 cm³/mol. The van der Waals surface area contributed by atoms with Crippen LogP contribution in [0.2, 0.25) is 5.02 Å². The lowest BCUT2D eigenvalue weighted by Gasteiger charge is -2.08. The fourth-order valence-corrected chi connectivity index (χ4v) is 1.72. The van der Waals surface area contributed by atoms with E-state index in [0.717, 1.165) is 0 Å². The zero-order valence-corrected chi connectivity index (χ0v) is 10.3. The van der Waals surface area contributed by atoms with Gasteiger partial charge in [0.2, 0.25) is 0 Å². The first kappa shape index (κ1) is 12.3. The first-order valence-electron chi connectivity index (χ1n) is 5.01. The van der Waals surface area contributed by atoms with E-state index >= 15 is 0 Å². The van der Waals surface area contributed by atoms with Gasteiger partial charge in [-0.3, -0.25) is 4.79 Å². The van der Waals surface area contributed by atoms with Gasteiger partial charge in [0.15, 0.2) is 0 Å². The number of benzene rings is 1. The molecule has 6 nitrogen and oxygen atoms in total. The molecule has 0 unspecified atom stereocenters. The van der Waals surface area contributed by atoms with Gasteiger partial charge in [-0.1, -0.05) is 11.6 Å². The van der Waals surface area contributed by atoms with Crippen LogP contribution >= 0.6 is 11.6 Å². The Balaban J connectivity index is 2.58. The molecule has 7 heteroatoms. The number of halogens is 1. The number of anilines is 1. The third kappa shape index (κ3) is 1.98. The van der Waals surface area contributed by atoms with Crippen LogP contribution in [0.4, 0.5) is 5.82 Å². The van der Waals surface area contributed by atoms with Crippen molar-refractivity contribution < 1.29 is 9.53 Å². The van der Waals surface area contributed by atoms with Gasteiger partial charge >= 0.3 is 0 Å². The van der Waals surface area contributed by atoms with E-state index in [-0.39, 0.29) is 11.4 Å². The Morgan fingerprint density at radius 2 is 2.22 bits per heavy atom. The van der Waals surface area contributed by atoms with Crippen molar-refractivity contribution in [1.29, 1.82) is 0 Å². The van der Waals surface area contributed by atoms with Crippen LogP contribution in [0.1, 0.15) is 10.4 Å². The van der Waals surface area contributed by atoms with Crippen molar-refractivity contribution in [2.75, 3.05) is 12.8 Å². The minimum atomic E-state index is -0.641. The molecule has 0 bridgehead atoms. The van der Waals surface area contributed by atoms with Gasteiger partial charge in [-0.2, -0.15) is 5.10 Å². The van der Waals surface area contributed by atoms with Crippen molar-refractivity contribution in [3.63, 3.8) is 0 Å². The summed E-state index contributed by atoms with van der Waals surface area (Å²) < 4.78 is 6.43. The molecule has 1 amide bonds. The van der Waals surface area contributed by atoms with Gasteiger partial charge < -0.3 is 16.2 Å². The normalized spacial score (nSPS) is 10.3. The number of rotatable bonds is 3. The summed E-state index contributed by atoms with van der Waals surface area (Å²) in [4.78, 5) is 11.1. The molecule has 2 rings (SSSR count). The van der Waals surface area contributed by atoms with E-state index in [4.69, 9.17) is 27.8 Å². The highest BCUT2D eigenvalue weighted by molar-refractivity contribution is 6.32. The second-order valence-electron chi connectivity index (χ2n) is 3.54. The lowest BCUT2D eigenvalue weighted by atomic mass is 10.3. The molecule has 0 aliphatic rings. The second-order valence-corrected chi connectivity index (χ2v) is 3.94. The van der Waals surface area contributed by atoms with Gasteiger partial charge in [0, 0.05) is 6.07 Å². The number of methoxy groups -OCH3 is 1. The fraction of sp³-hybridized carbons (Fsp3) is 0.0909. The average molecular weight is 267 g/mol. The molecule has 0 radical (unpaired) electrons. The highest BCUT2D eigenvalue weighted by Crippen LogP contribution is 2.27. The third-order valence-electron chi connectivity index (χ3n) is 2.45. The molecular formula is C11H11ClN4O2. The predicted octanol–water partition coefficient (Wildman–Crippen LogP) is 1.22. The third-order valence-corrected chi connectivity index (χ3v) is 2.77. The van der Waals surface area contributed by atoms with Gasteiger partial charge in [0.25, 0.3) is 5.91 Å². The molecule has 0 saturated carbocycles. The Labute approximate surface area is 108 Å². The minimum absolute atomic E-state index is 0.137. The number of nitrogens with two attached hydrogens (primary N) is 2. The molecule has 4 N–H and O–H groups in total. The van der Waals surface area contributed by atoms with E-state index in [1.165, 1.54) is 18.0 Å². The molecular weight excluding hydrogens is 256 g/mol. The maximum Gasteiger partial charge on any atom is 0.254 e. The Morgan fingerprint density at radius 1 is 1.50 bits per heavy atom. The van der Waals surface area contributed by atoms with E-state index < -0.39 is 5.91 Å². The standard InChI is InChI=1S/C11H11ClN4O2/c1-18-6-2-3-8(12)9(4-6)16-10(13)7(5-15-16)11(14)17/h2-5H,13H2,1H3,(H2,14,17). The summed E-state index contributed by atoms with van der Waals surface area (Å²) in [7, 11) is 1.54. The zero-order valence-electron chi connectivity index (χ0n) is 9.55. The number of carbonyl (C=O) groups is 1. The monoisotopic (exact) mass is 266 g/mol. The number of hydrogen-bond acceptors (Lipinski definition) is 4. The summed E-state index contributed by atoms with van der Waals surface area (Å²) in [6.07, 6.45) is 1.30. The number of primary amides is 1. The van der Waals surface area contributed by atoms with Crippen molar-refractivity contribution in [2.24, 2.45) is 5.73 Å². The van der Waals surface area contributed by atoms with Gasteiger partial charge in [0.1, 0.15) is 17.1 Å². The van der Waals surface area contributed by atoms with Crippen molar-refractivity contribution in [3.8, 4) is 11.4 Å². The highest BCUT2D eigenvalue weighted by atomic mass is 35.5. The molecule has 0 saturated heterocycles. The minimum Gasteiger partial charge on any atom is -0.497 e. The zero-order chi connectivity index (χ0) is 13.3. The summed E-state index contributed by atoms with van der Waals surface area (Å²) in [6, 6.07) is 5.03. The van der Waals surface area contributed by atoms with Gasteiger partial charge in [0.05, 0.1) is 24.0 Å². The summed E-state index contributed by atoms with van der Waals surface area (Å²) in [6.45, 7) is 0. The fourth-order valence-electron chi connectivity index (χ4n) is 1.52. The van der Waals surface area contributed by atoms with Crippen LogP contribution < -0.4 is 16.2 Å². The molecule has 0 aliphatic carbocycles. The van der Waals surface area contributed by atoms with Crippen molar-refractivity contribution in [2.45, 2.75) is 0 Å². The number of nitrogen functional groups attached to an aromatic ring is 1. The van der Waals surface area contributed by atoms with E-state index in [1.54, 1.807) is 18.2 Å². The van der Waals surface area contributed by atoms with Gasteiger partial charge in [-0.05, 0) is 12.1 Å². The average Bonchev–Trinajstić information content (AvgIpc) is 2.72.